The molecule has 0 spiro atoms. The summed E-state index contributed by atoms with van der Waals surface area (Å²) in [5.74, 6) is 0.0945. The van der Waals surface area contributed by atoms with E-state index in [1.165, 1.54) is 21.8 Å². The molecule has 4 rings (SSSR count). The van der Waals surface area contributed by atoms with E-state index in [2.05, 4.69) is 60.6 Å². The summed E-state index contributed by atoms with van der Waals surface area (Å²) in [6.45, 7) is 9.17. The van der Waals surface area contributed by atoms with Crippen molar-refractivity contribution in [1.82, 2.24) is 4.57 Å². The van der Waals surface area contributed by atoms with Crippen molar-refractivity contribution in [2.24, 2.45) is 0 Å². The molecule has 0 bridgehead atoms. The Morgan fingerprint density at radius 1 is 0.852 bits per heavy atom. The molecule has 3 aromatic carbocycles. The van der Waals surface area contributed by atoms with Gasteiger partial charge in [-0.05, 0) is 36.8 Å². The molecular weight excluding hydrogens is 346 g/mol. The van der Waals surface area contributed by atoms with E-state index in [4.69, 9.17) is 0 Å². The van der Waals surface area contributed by atoms with Gasteiger partial charge >= 0.3 is 0 Å². The van der Waals surface area contributed by atoms with Crippen molar-refractivity contribution in [3.63, 3.8) is 0 Å². The van der Waals surface area contributed by atoms with E-state index in [0.29, 0.717) is 0 Å². The molecule has 136 valence electrons. The van der Waals surface area contributed by atoms with E-state index in [0.717, 1.165) is 22.9 Å². The first-order chi connectivity index (χ1) is 12.8. The van der Waals surface area contributed by atoms with Crippen LogP contribution >= 0.6 is 0 Å². The SMILES string of the molecule is Cc1ccccc1C(=O)c1ccc2c(c1)c1ccccc1n2C[Si](C)(C)C. The van der Waals surface area contributed by atoms with Gasteiger partial charge in [0.15, 0.2) is 5.78 Å². The summed E-state index contributed by atoms with van der Waals surface area (Å²) in [5, 5.41) is 2.40. The van der Waals surface area contributed by atoms with Crippen molar-refractivity contribution in [3.8, 4) is 0 Å². The van der Waals surface area contributed by atoms with E-state index in [9.17, 15) is 4.79 Å². The zero-order valence-electron chi connectivity index (χ0n) is 16.4. The fourth-order valence-corrected chi connectivity index (χ4v) is 5.11. The van der Waals surface area contributed by atoms with Crippen LogP contribution in [0.5, 0.6) is 0 Å². The lowest BCUT2D eigenvalue weighted by Gasteiger charge is -2.18. The average molecular weight is 372 g/mol. The lowest BCUT2D eigenvalue weighted by molar-refractivity contribution is 0.103. The van der Waals surface area contributed by atoms with Gasteiger partial charge < -0.3 is 4.57 Å². The second-order valence-electron chi connectivity index (χ2n) is 8.54. The predicted octanol–water partition coefficient (Wildman–Crippen LogP) is 6.21. The largest absolute Gasteiger partial charge is 0.344 e. The molecule has 0 saturated heterocycles. The van der Waals surface area contributed by atoms with Crippen LogP contribution in [0.15, 0.2) is 66.7 Å². The Morgan fingerprint density at radius 2 is 1.52 bits per heavy atom. The Labute approximate surface area is 161 Å². The average Bonchev–Trinajstić information content (AvgIpc) is 2.94. The van der Waals surface area contributed by atoms with E-state index in [1.807, 2.05) is 37.3 Å². The van der Waals surface area contributed by atoms with Crippen LogP contribution in [0.3, 0.4) is 0 Å². The molecule has 0 aliphatic rings. The number of hydrogen-bond acceptors (Lipinski definition) is 1. The number of aryl methyl sites for hydroxylation is 1. The summed E-state index contributed by atoms with van der Waals surface area (Å²) in [6.07, 6.45) is 1.07. The topological polar surface area (TPSA) is 22.0 Å². The number of rotatable bonds is 4. The van der Waals surface area contributed by atoms with Crippen LogP contribution in [0, 0.1) is 6.92 Å². The summed E-state index contributed by atoms with van der Waals surface area (Å²) in [5.41, 5.74) is 5.04. The molecule has 2 nitrogen and oxygen atoms in total. The van der Waals surface area contributed by atoms with Crippen LogP contribution in [0.25, 0.3) is 21.8 Å². The fourth-order valence-electron chi connectivity index (χ4n) is 3.82. The maximum Gasteiger partial charge on any atom is 0.193 e. The third-order valence-electron chi connectivity index (χ3n) is 5.06. The second-order valence-corrected chi connectivity index (χ2v) is 14.0. The quantitative estimate of drug-likeness (QED) is 0.309. The smallest absolute Gasteiger partial charge is 0.193 e. The van der Waals surface area contributed by atoms with Gasteiger partial charge in [-0.15, -0.1) is 0 Å². The van der Waals surface area contributed by atoms with Gasteiger partial charge in [0.25, 0.3) is 0 Å². The number of carbonyl (C=O) groups excluding carboxylic acids is 1. The summed E-state index contributed by atoms with van der Waals surface area (Å²) in [6, 6.07) is 22.5. The maximum absolute atomic E-state index is 13.1. The van der Waals surface area contributed by atoms with E-state index in [1.54, 1.807) is 0 Å². The van der Waals surface area contributed by atoms with Crippen LogP contribution < -0.4 is 0 Å². The Morgan fingerprint density at radius 3 is 2.26 bits per heavy atom. The summed E-state index contributed by atoms with van der Waals surface area (Å²) < 4.78 is 2.44. The highest BCUT2D eigenvalue weighted by atomic mass is 28.3. The van der Waals surface area contributed by atoms with Crippen LogP contribution in [-0.2, 0) is 6.17 Å². The Hall–Kier alpha value is -2.65. The molecule has 4 aromatic rings. The molecular formula is C24H25NOSi. The first-order valence-electron chi connectivity index (χ1n) is 9.46. The van der Waals surface area contributed by atoms with Gasteiger partial charge in [-0.3, -0.25) is 4.79 Å². The second kappa shape index (κ2) is 6.50. The first kappa shape index (κ1) is 17.7. The van der Waals surface area contributed by atoms with Gasteiger partial charge in [-0.25, -0.2) is 0 Å². The zero-order chi connectivity index (χ0) is 19.2. The van der Waals surface area contributed by atoms with Crippen LogP contribution in [0.2, 0.25) is 19.6 Å². The zero-order valence-corrected chi connectivity index (χ0v) is 17.4. The van der Waals surface area contributed by atoms with Crippen LogP contribution in [0.1, 0.15) is 21.5 Å². The van der Waals surface area contributed by atoms with Crippen molar-refractivity contribution >= 4 is 35.7 Å². The van der Waals surface area contributed by atoms with E-state index >= 15 is 0 Å². The van der Waals surface area contributed by atoms with Crippen LogP contribution in [0.4, 0.5) is 0 Å². The van der Waals surface area contributed by atoms with Crippen molar-refractivity contribution in [3.05, 3.63) is 83.4 Å². The first-order valence-corrected chi connectivity index (χ1v) is 13.2. The molecule has 3 heteroatoms. The molecule has 27 heavy (non-hydrogen) atoms. The molecule has 0 fully saturated rings. The third kappa shape index (κ3) is 3.24. The molecule has 0 aliphatic carbocycles. The summed E-state index contributed by atoms with van der Waals surface area (Å²) in [4.78, 5) is 13.1. The number of hydrogen-bond donors (Lipinski definition) is 0. The summed E-state index contributed by atoms with van der Waals surface area (Å²) in [7, 11) is -1.30. The van der Waals surface area contributed by atoms with Gasteiger partial charge in [0, 0.05) is 39.1 Å². The lowest BCUT2D eigenvalue weighted by atomic mass is 9.98. The Balaban J connectivity index is 1.92. The minimum absolute atomic E-state index is 0.0945. The molecule has 0 aliphatic heterocycles. The van der Waals surface area contributed by atoms with Crippen molar-refractivity contribution in [1.29, 1.82) is 0 Å². The number of aromatic nitrogens is 1. The highest BCUT2D eigenvalue weighted by molar-refractivity contribution is 6.75. The van der Waals surface area contributed by atoms with Crippen molar-refractivity contribution in [2.45, 2.75) is 32.7 Å². The molecule has 0 N–H and O–H groups in total. The lowest BCUT2D eigenvalue weighted by Crippen LogP contribution is -2.27. The Bertz CT molecular complexity index is 1160. The molecule has 0 saturated carbocycles. The number of benzene rings is 3. The maximum atomic E-state index is 13.1. The minimum atomic E-state index is -1.30. The van der Waals surface area contributed by atoms with Gasteiger partial charge in [-0.2, -0.15) is 0 Å². The number of carbonyl (C=O) groups is 1. The molecule has 0 atom stereocenters. The normalized spacial score (nSPS) is 12.0. The van der Waals surface area contributed by atoms with Gasteiger partial charge in [-0.1, -0.05) is 62.1 Å². The molecule has 0 unspecified atom stereocenters. The van der Waals surface area contributed by atoms with E-state index in [-0.39, 0.29) is 5.78 Å². The standard InChI is InChI=1S/C24H25NOSi/c1-17-9-5-6-10-19(17)24(26)18-13-14-23-21(15-18)20-11-7-8-12-22(20)25(23)16-27(2,3)4/h5-15H,16H2,1-4H3. The number of ketones is 1. The van der Waals surface area contributed by atoms with Crippen molar-refractivity contribution in [2.75, 3.05) is 0 Å². The number of nitrogens with zero attached hydrogens (tertiary/aromatic N) is 1. The number of para-hydroxylation sites is 1. The molecule has 1 heterocycles. The van der Waals surface area contributed by atoms with Gasteiger partial charge in [0.05, 0.1) is 8.07 Å². The Kier molecular flexibility index (Phi) is 4.27. The predicted molar refractivity (Wildman–Crippen MR) is 117 cm³/mol. The van der Waals surface area contributed by atoms with Crippen LogP contribution in [-0.4, -0.2) is 18.4 Å². The molecule has 1 aromatic heterocycles. The third-order valence-corrected chi connectivity index (χ3v) is 6.32. The highest BCUT2D eigenvalue weighted by Gasteiger charge is 2.20. The highest BCUT2D eigenvalue weighted by Crippen LogP contribution is 2.31. The van der Waals surface area contributed by atoms with Gasteiger partial charge in [0.2, 0.25) is 0 Å². The molecule has 0 radical (unpaired) electrons. The van der Waals surface area contributed by atoms with Crippen molar-refractivity contribution < 1.29 is 4.79 Å². The van der Waals surface area contributed by atoms with E-state index < -0.39 is 8.07 Å². The minimum Gasteiger partial charge on any atom is -0.344 e. The monoisotopic (exact) mass is 371 g/mol. The summed E-state index contributed by atoms with van der Waals surface area (Å²) >= 11 is 0. The fraction of sp³-hybridized carbons (Fsp3) is 0.208. The molecule has 0 amide bonds. The van der Waals surface area contributed by atoms with Gasteiger partial charge in [0.1, 0.15) is 0 Å². The number of fused-ring (bicyclic) bond motifs is 3.